The van der Waals surface area contributed by atoms with Gasteiger partial charge in [-0.3, -0.25) is 10.00 Å². The van der Waals surface area contributed by atoms with E-state index in [-0.39, 0.29) is 0 Å². The molecule has 1 aliphatic rings. The number of thiazole rings is 1. The van der Waals surface area contributed by atoms with Gasteiger partial charge in [-0.1, -0.05) is 11.3 Å². The Bertz CT molecular complexity index is 1090. The van der Waals surface area contributed by atoms with E-state index in [4.69, 9.17) is 14.2 Å². The van der Waals surface area contributed by atoms with Crippen LogP contribution in [0.2, 0.25) is 0 Å². The molecule has 154 valence electrons. The van der Waals surface area contributed by atoms with Gasteiger partial charge in [-0.05, 0) is 48.0 Å². The molecular formula is C22H22N4O3S. The highest BCUT2D eigenvalue weighted by Gasteiger charge is 2.11. The lowest BCUT2D eigenvalue weighted by Gasteiger charge is -2.26. The molecule has 1 N–H and O–H groups in total. The Balaban J connectivity index is 1.21. The first-order valence-corrected chi connectivity index (χ1v) is 10.8. The smallest absolute Gasteiger partial charge is 0.274 e. The zero-order valence-corrected chi connectivity index (χ0v) is 17.2. The van der Waals surface area contributed by atoms with Crippen LogP contribution in [0.3, 0.4) is 0 Å². The lowest BCUT2D eigenvalue weighted by atomic mass is 10.1. The molecule has 3 heterocycles. The number of ether oxygens (including phenoxy) is 3. The molecule has 5 rings (SSSR count). The number of nitrogens with zero attached hydrogens (tertiary/aromatic N) is 3. The third kappa shape index (κ3) is 4.46. The average Bonchev–Trinajstić information content (AvgIpc) is 3.45. The summed E-state index contributed by atoms with van der Waals surface area (Å²) < 4.78 is 18.3. The number of fused-ring (bicyclic) bond motifs is 1. The maximum atomic E-state index is 6.02. The normalized spacial score (nSPS) is 14.8. The largest absolute Gasteiger partial charge is 0.469 e. The van der Waals surface area contributed by atoms with Crippen LogP contribution in [-0.2, 0) is 4.74 Å². The second-order valence-corrected chi connectivity index (χ2v) is 8.00. The molecule has 30 heavy (non-hydrogen) atoms. The van der Waals surface area contributed by atoms with Crippen LogP contribution < -0.4 is 9.47 Å². The summed E-state index contributed by atoms with van der Waals surface area (Å²) in [6, 6.07) is 15.8. The molecule has 0 radical (unpaired) electrons. The summed E-state index contributed by atoms with van der Waals surface area (Å²) in [6.07, 6.45) is 1.74. The molecule has 0 saturated carbocycles. The first-order chi connectivity index (χ1) is 14.8. The van der Waals surface area contributed by atoms with Gasteiger partial charge in [0.05, 0.1) is 29.1 Å². The fourth-order valence-electron chi connectivity index (χ4n) is 3.35. The fourth-order valence-corrected chi connectivity index (χ4v) is 4.22. The predicted octanol–water partition coefficient (Wildman–Crippen LogP) is 4.19. The van der Waals surface area contributed by atoms with Crippen molar-refractivity contribution in [3.63, 3.8) is 0 Å². The van der Waals surface area contributed by atoms with Crippen LogP contribution >= 0.6 is 11.3 Å². The van der Waals surface area contributed by atoms with Crippen molar-refractivity contribution in [1.29, 1.82) is 0 Å². The van der Waals surface area contributed by atoms with E-state index in [0.29, 0.717) is 11.8 Å². The molecule has 0 aliphatic carbocycles. The van der Waals surface area contributed by atoms with Gasteiger partial charge >= 0.3 is 0 Å². The molecular weight excluding hydrogens is 400 g/mol. The number of nitrogens with one attached hydrogen (secondary N) is 1. The highest BCUT2D eigenvalue weighted by molar-refractivity contribution is 7.20. The van der Waals surface area contributed by atoms with Crippen LogP contribution in [0.4, 0.5) is 0 Å². The number of hydrogen-bond donors (Lipinski definition) is 1. The van der Waals surface area contributed by atoms with Crippen LogP contribution in [-0.4, -0.2) is 59.5 Å². The van der Waals surface area contributed by atoms with Crippen LogP contribution in [0.25, 0.3) is 21.5 Å². The van der Waals surface area contributed by atoms with E-state index >= 15 is 0 Å². The minimum absolute atomic E-state index is 0.631. The van der Waals surface area contributed by atoms with Gasteiger partial charge in [0, 0.05) is 31.9 Å². The van der Waals surface area contributed by atoms with E-state index in [1.165, 1.54) is 0 Å². The number of rotatable bonds is 7. The molecule has 7 nitrogen and oxygen atoms in total. The Labute approximate surface area is 178 Å². The number of H-pyrrole nitrogens is 1. The zero-order chi connectivity index (χ0) is 20.2. The van der Waals surface area contributed by atoms with Crippen molar-refractivity contribution in [2.75, 3.05) is 39.5 Å². The third-order valence-corrected chi connectivity index (χ3v) is 5.91. The monoisotopic (exact) mass is 422 g/mol. The Morgan fingerprint density at radius 3 is 2.67 bits per heavy atom. The van der Waals surface area contributed by atoms with Gasteiger partial charge < -0.3 is 14.2 Å². The fraction of sp³-hybridized carbons (Fsp3) is 0.273. The maximum Gasteiger partial charge on any atom is 0.274 e. The van der Waals surface area contributed by atoms with Gasteiger partial charge in [-0.25, -0.2) is 4.98 Å². The summed E-state index contributed by atoms with van der Waals surface area (Å²) in [5.41, 5.74) is 2.97. The van der Waals surface area contributed by atoms with Crippen LogP contribution in [0.5, 0.6) is 16.7 Å². The lowest BCUT2D eigenvalue weighted by molar-refractivity contribution is 0.0322. The second-order valence-electron chi connectivity index (χ2n) is 7.01. The van der Waals surface area contributed by atoms with Crippen molar-refractivity contribution in [1.82, 2.24) is 20.1 Å². The third-order valence-electron chi connectivity index (χ3n) is 4.98. The topological polar surface area (TPSA) is 72.5 Å². The summed E-state index contributed by atoms with van der Waals surface area (Å²) in [5, 5.41) is 7.64. The molecule has 2 aromatic carbocycles. The van der Waals surface area contributed by atoms with Crippen molar-refractivity contribution in [3.05, 3.63) is 54.7 Å². The molecule has 0 unspecified atom stereocenters. The highest BCUT2D eigenvalue weighted by Crippen LogP contribution is 2.32. The molecule has 1 saturated heterocycles. The minimum Gasteiger partial charge on any atom is -0.469 e. The van der Waals surface area contributed by atoms with Crippen molar-refractivity contribution in [3.8, 4) is 28.0 Å². The molecule has 1 aliphatic heterocycles. The Hall–Kier alpha value is -2.94. The Kier molecular flexibility index (Phi) is 5.60. The number of hydrogen-bond acceptors (Lipinski definition) is 7. The van der Waals surface area contributed by atoms with Crippen LogP contribution in [0.1, 0.15) is 0 Å². The summed E-state index contributed by atoms with van der Waals surface area (Å²) in [5.74, 6) is 1.56. The number of benzene rings is 2. The Morgan fingerprint density at radius 2 is 1.87 bits per heavy atom. The predicted molar refractivity (Wildman–Crippen MR) is 116 cm³/mol. The molecule has 4 aromatic rings. The summed E-state index contributed by atoms with van der Waals surface area (Å²) >= 11 is 1.54. The molecule has 2 aromatic heterocycles. The molecule has 0 bridgehead atoms. The van der Waals surface area contributed by atoms with Gasteiger partial charge in [-0.2, -0.15) is 5.10 Å². The molecule has 0 amide bonds. The summed E-state index contributed by atoms with van der Waals surface area (Å²) in [7, 11) is 0. The molecule has 8 heteroatoms. The quantitative estimate of drug-likeness (QED) is 0.482. The number of aromatic amines is 1. The molecule has 1 fully saturated rings. The van der Waals surface area contributed by atoms with Crippen molar-refractivity contribution in [2.24, 2.45) is 0 Å². The number of aromatic nitrogens is 3. The molecule has 0 spiro atoms. The Morgan fingerprint density at radius 1 is 1.03 bits per heavy atom. The standard InChI is InChI=1S/C22H22N4O3S/c1-3-17(4-2-16(1)19-7-8-23-25-19)29-18-5-6-20-21(15-18)30-22(24-20)28-14-11-26-9-12-27-13-10-26/h1-8,15H,9-14H2,(H,23,25). The van der Waals surface area contributed by atoms with Crippen molar-refractivity contribution in [2.45, 2.75) is 0 Å². The van der Waals surface area contributed by atoms with Gasteiger partial charge in [0.2, 0.25) is 0 Å². The highest BCUT2D eigenvalue weighted by atomic mass is 32.1. The van der Waals surface area contributed by atoms with Crippen LogP contribution in [0.15, 0.2) is 54.7 Å². The zero-order valence-electron chi connectivity index (χ0n) is 16.4. The first-order valence-electron chi connectivity index (χ1n) is 9.95. The second kappa shape index (κ2) is 8.83. The van der Waals surface area contributed by atoms with Gasteiger partial charge in [0.25, 0.3) is 5.19 Å². The first kappa shape index (κ1) is 19.0. The van der Waals surface area contributed by atoms with E-state index < -0.39 is 0 Å². The van der Waals surface area contributed by atoms with Gasteiger partial charge in [-0.15, -0.1) is 0 Å². The van der Waals surface area contributed by atoms with Crippen molar-refractivity contribution < 1.29 is 14.2 Å². The number of morpholine rings is 1. The molecule has 0 atom stereocenters. The minimum atomic E-state index is 0.631. The summed E-state index contributed by atoms with van der Waals surface area (Å²) in [6.45, 7) is 5.05. The van der Waals surface area contributed by atoms with Gasteiger partial charge in [0.1, 0.15) is 18.1 Å². The van der Waals surface area contributed by atoms with Crippen LogP contribution in [0, 0.1) is 0 Å². The van der Waals surface area contributed by atoms with Gasteiger partial charge in [0.15, 0.2) is 0 Å². The van der Waals surface area contributed by atoms with E-state index in [1.54, 1.807) is 17.5 Å². The maximum absolute atomic E-state index is 6.02. The van der Waals surface area contributed by atoms with E-state index in [9.17, 15) is 0 Å². The average molecular weight is 423 g/mol. The van der Waals surface area contributed by atoms with E-state index in [2.05, 4.69) is 20.1 Å². The van der Waals surface area contributed by atoms with Crippen molar-refractivity contribution >= 4 is 21.6 Å². The van der Waals surface area contributed by atoms with E-state index in [0.717, 1.165) is 65.8 Å². The SMILES string of the molecule is c1cc(-c2ccc(Oc3ccc4nc(OCCN5CCOCC5)sc4c3)cc2)[nH]n1. The summed E-state index contributed by atoms with van der Waals surface area (Å²) in [4.78, 5) is 6.92. The van der Waals surface area contributed by atoms with E-state index in [1.807, 2.05) is 48.5 Å². The lowest BCUT2D eigenvalue weighted by Crippen LogP contribution is -2.38.